The molecule has 144 valence electrons. The third-order valence-corrected chi connectivity index (χ3v) is 4.45. The second-order valence-electron chi connectivity index (χ2n) is 6.76. The lowest BCUT2D eigenvalue weighted by Gasteiger charge is -2.07. The van der Waals surface area contributed by atoms with Gasteiger partial charge in [0.25, 0.3) is 0 Å². The summed E-state index contributed by atoms with van der Waals surface area (Å²) in [6.45, 7) is 3.76. The number of carbonyl (C=O) groups excluding carboxylic acids is 1. The monoisotopic (exact) mass is 385 g/mol. The van der Waals surface area contributed by atoms with Crippen LogP contribution in [0.5, 0.6) is 0 Å². The van der Waals surface area contributed by atoms with E-state index in [1.165, 1.54) is 18.4 Å². The molecule has 0 atom stereocenters. The maximum absolute atomic E-state index is 12.6. The fraction of sp³-hybridized carbons (Fsp3) is 0.0870. The number of fused-ring (bicyclic) bond motifs is 1. The van der Waals surface area contributed by atoms with Crippen molar-refractivity contribution in [2.75, 3.05) is 5.32 Å². The number of rotatable bonds is 4. The van der Waals surface area contributed by atoms with Gasteiger partial charge < -0.3 is 9.73 Å². The average Bonchev–Trinajstić information content (AvgIpc) is 3.08. The Labute approximate surface area is 167 Å². The third kappa shape index (κ3) is 3.87. The van der Waals surface area contributed by atoms with Crippen LogP contribution in [-0.4, -0.2) is 15.7 Å². The smallest absolute Gasteiger partial charge is 0.249 e. The van der Waals surface area contributed by atoms with Gasteiger partial charge in [0.2, 0.25) is 5.91 Å². The first-order valence-corrected chi connectivity index (χ1v) is 9.14. The molecule has 0 aliphatic carbocycles. The molecular weight excluding hydrogens is 366 g/mol. The van der Waals surface area contributed by atoms with Crippen LogP contribution in [0.25, 0.3) is 22.7 Å². The number of nitrogens with one attached hydrogen (secondary N) is 1. The summed E-state index contributed by atoms with van der Waals surface area (Å²) in [5.41, 5.74) is 3.23. The van der Waals surface area contributed by atoms with Gasteiger partial charge in [0.15, 0.2) is 5.43 Å². The van der Waals surface area contributed by atoms with E-state index in [0.29, 0.717) is 22.4 Å². The van der Waals surface area contributed by atoms with Crippen LogP contribution in [0.15, 0.2) is 76.1 Å². The zero-order valence-corrected chi connectivity index (χ0v) is 16.0. The topological polar surface area (TPSA) is 77.1 Å². The largest absolute Gasteiger partial charge is 0.463 e. The van der Waals surface area contributed by atoms with Crippen LogP contribution in [0.3, 0.4) is 0 Å². The van der Waals surface area contributed by atoms with Gasteiger partial charge in [0.05, 0.1) is 22.3 Å². The van der Waals surface area contributed by atoms with Crippen molar-refractivity contribution < 1.29 is 9.21 Å². The summed E-state index contributed by atoms with van der Waals surface area (Å²) in [4.78, 5) is 25.1. The van der Waals surface area contributed by atoms with Gasteiger partial charge in [0, 0.05) is 12.1 Å². The summed E-state index contributed by atoms with van der Waals surface area (Å²) < 4.78 is 7.17. The molecule has 1 amide bonds. The highest BCUT2D eigenvalue weighted by Gasteiger charge is 2.10. The summed E-state index contributed by atoms with van der Waals surface area (Å²) in [5.74, 6) is 0.176. The zero-order valence-electron chi connectivity index (χ0n) is 16.0. The minimum Gasteiger partial charge on any atom is -0.463 e. The van der Waals surface area contributed by atoms with Crippen molar-refractivity contribution >= 4 is 28.8 Å². The van der Waals surface area contributed by atoms with Gasteiger partial charge in [-0.1, -0.05) is 29.8 Å². The minimum atomic E-state index is -0.370. The first-order valence-electron chi connectivity index (χ1n) is 9.14. The molecule has 6 heteroatoms. The van der Waals surface area contributed by atoms with E-state index >= 15 is 0 Å². The molecule has 2 aromatic heterocycles. The molecule has 0 unspecified atom stereocenters. The minimum absolute atomic E-state index is 0.177. The molecule has 4 rings (SSSR count). The van der Waals surface area contributed by atoms with E-state index in [1.54, 1.807) is 22.9 Å². The molecule has 0 spiro atoms. The lowest BCUT2D eigenvalue weighted by molar-refractivity contribution is -0.111. The van der Waals surface area contributed by atoms with Crippen molar-refractivity contribution in [1.82, 2.24) is 9.78 Å². The second kappa shape index (κ2) is 7.59. The second-order valence-corrected chi connectivity index (χ2v) is 6.76. The number of hydrogen-bond acceptors (Lipinski definition) is 4. The van der Waals surface area contributed by atoms with E-state index in [1.807, 2.05) is 50.2 Å². The third-order valence-electron chi connectivity index (χ3n) is 4.45. The lowest BCUT2D eigenvalue weighted by atomic mass is 10.1. The number of carbonyl (C=O) groups is 1. The van der Waals surface area contributed by atoms with Crippen LogP contribution >= 0.6 is 0 Å². The van der Waals surface area contributed by atoms with Gasteiger partial charge in [-0.05, 0) is 44.2 Å². The van der Waals surface area contributed by atoms with E-state index in [9.17, 15) is 9.59 Å². The molecule has 1 N–H and O–H groups in total. The molecule has 2 aromatic carbocycles. The van der Waals surface area contributed by atoms with Crippen molar-refractivity contribution in [2.45, 2.75) is 13.8 Å². The lowest BCUT2D eigenvalue weighted by Crippen LogP contribution is -2.13. The number of anilines is 1. The van der Waals surface area contributed by atoms with E-state index in [0.717, 1.165) is 16.9 Å². The van der Waals surface area contributed by atoms with Crippen LogP contribution in [0.2, 0.25) is 0 Å². The molecule has 0 fully saturated rings. The first kappa shape index (κ1) is 18.4. The molecule has 0 aliphatic rings. The predicted octanol–water partition coefficient (Wildman–Crippen LogP) is 4.25. The van der Waals surface area contributed by atoms with Gasteiger partial charge >= 0.3 is 0 Å². The standard InChI is InChI=1S/C23H19N3O3/c1-15-8-10-20-19(12-15)23(28)17(14-29-20)9-11-22(27)24-21-13-16(2)25-26(21)18-6-4-3-5-7-18/h3-14H,1-2H3,(H,24,27)/b11-9+. The molecule has 0 saturated carbocycles. The highest BCUT2D eigenvalue weighted by molar-refractivity contribution is 6.01. The van der Waals surface area contributed by atoms with Gasteiger partial charge in [0.1, 0.15) is 17.7 Å². The molecule has 29 heavy (non-hydrogen) atoms. The van der Waals surface area contributed by atoms with E-state index < -0.39 is 0 Å². The first-order chi connectivity index (χ1) is 14.0. The highest BCUT2D eigenvalue weighted by atomic mass is 16.3. The quantitative estimate of drug-likeness (QED) is 0.533. The Morgan fingerprint density at radius 2 is 1.90 bits per heavy atom. The molecular formula is C23H19N3O3. The number of amides is 1. The molecule has 4 aromatic rings. The van der Waals surface area contributed by atoms with Crippen molar-refractivity contribution in [2.24, 2.45) is 0 Å². The number of benzene rings is 2. The summed E-state index contributed by atoms with van der Waals surface area (Å²) in [6, 6.07) is 16.7. The van der Waals surface area contributed by atoms with Gasteiger partial charge in [-0.15, -0.1) is 0 Å². The fourth-order valence-electron chi connectivity index (χ4n) is 3.06. The van der Waals surface area contributed by atoms with Crippen molar-refractivity contribution in [1.29, 1.82) is 0 Å². The molecule has 6 nitrogen and oxygen atoms in total. The van der Waals surface area contributed by atoms with E-state index in [-0.39, 0.29) is 11.3 Å². The normalized spacial score (nSPS) is 11.2. The number of aromatic nitrogens is 2. The Hall–Kier alpha value is -3.93. The Kier molecular flexibility index (Phi) is 4.83. The van der Waals surface area contributed by atoms with E-state index in [4.69, 9.17) is 4.42 Å². The predicted molar refractivity (Wildman–Crippen MR) is 113 cm³/mol. The SMILES string of the molecule is Cc1ccc2occ(/C=C/C(=O)Nc3cc(C)nn3-c3ccccc3)c(=O)c2c1. The van der Waals surface area contributed by atoms with E-state index in [2.05, 4.69) is 10.4 Å². The number of para-hydroxylation sites is 1. The summed E-state index contributed by atoms with van der Waals surface area (Å²) in [5, 5.41) is 7.72. The summed E-state index contributed by atoms with van der Waals surface area (Å²) >= 11 is 0. The maximum atomic E-state index is 12.6. The van der Waals surface area contributed by atoms with Gasteiger partial charge in [-0.25, -0.2) is 4.68 Å². The number of aryl methyl sites for hydroxylation is 2. The average molecular weight is 385 g/mol. The summed E-state index contributed by atoms with van der Waals surface area (Å²) in [6.07, 6.45) is 4.13. The molecule has 0 aliphatic heterocycles. The number of nitrogens with zero attached hydrogens (tertiary/aromatic N) is 2. The zero-order chi connectivity index (χ0) is 20.4. The van der Waals surface area contributed by atoms with Gasteiger partial charge in [-0.2, -0.15) is 5.10 Å². The van der Waals surface area contributed by atoms with Gasteiger partial charge in [-0.3, -0.25) is 9.59 Å². The Morgan fingerprint density at radius 3 is 2.69 bits per heavy atom. The van der Waals surface area contributed by atoms with Crippen LogP contribution in [-0.2, 0) is 4.79 Å². The van der Waals surface area contributed by atoms with Crippen LogP contribution < -0.4 is 10.7 Å². The summed E-state index contributed by atoms with van der Waals surface area (Å²) in [7, 11) is 0. The molecule has 2 heterocycles. The molecule has 0 bridgehead atoms. The van der Waals surface area contributed by atoms with Crippen molar-refractivity contribution in [3.63, 3.8) is 0 Å². The molecule has 0 radical (unpaired) electrons. The fourth-order valence-corrected chi connectivity index (χ4v) is 3.06. The Balaban J connectivity index is 1.58. The molecule has 0 saturated heterocycles. The Bertz CT molecular complexity index is 1280. The maximum Gasteiger partial charge on any atom is 0.249 e. The highest BCUT2D eigenvalue weighted by Crippen LogP contribution is 2.17. The number of hydrogen-bond donors (Lipinski definition) is 1. The van der Waals surface area contributed by atoms with Crippen LogP contribution in [0, 0.1) is 13.8 Å². The Morgan fingerprint density at radius 1 is 1.10 bits per heavy atom. The van der Waals surface area contributed by atoms with Crippen molar-refractivity contribution in [3.05, 3.63) is 94.0 Å². The van der Waals surface area contributed by atoms with Crippen molar-refractivity contribution in [3.8, 4) is 5.69 Å². The van der Waals surface area contributed by atoms with Crippen LogP contribution in [0.4, 0.5) is 5.82 Å². The van der Waals surface area contributed by atoms with Crippen LogP contribution in [0.1, 0.15) is 16.8 Å².